The Morgan fingerprint density at radius 1 is 0.882 bits per heavy atom. The van der Waals surface area contributed by atoms with Gasteiger partial charge in [0.05, 0.1) is 16.4 Å². The monoisotopic (exact) mass is 507 g/mol. The molecule has 0 aliphatic rings. The maximum Gasteiger partial charge on any atom is 0.0979 e. The second-order valence-electron chi connectivity index (χ2n) is 7.94. The van der Waals surface area contributed by atoms with Crippen molar-refractivity contribution >= 4 is 52.1 Å². The molecule has 0 aliphatic carbocycles. The normalized spacial score (nSPS) is 11.3. The van der Waals surface area contributed by atoms with E-state index < -0.39 is 0 Å². The van der Waals surface area contributed by atoms with Crippen LogP contribution in [0.2, 0.25) is 0 Å². The van der Waals surface area contributed by atoms with Gasteiger partial charge >= 0.3 is 0 Å². The van der Waals surface area contributed by atoms with E-state index in [0.29, 0.717) is 11.8 Å². The lowest BCUT2D eigenvalue weighted by Gasteiger charge is -2.22. The predicted octanol–water partition coefficient (Wildman–Crippen LogP) is 7.74. The van der Waals surface area contributed by atoms with Gasteiger partial charge in [0.15, 0.2) is 0 Å². The summed E-state index contributed by atoms with van der Waals surface area (Å²) in [4.78, 5) is 13.0. The number of hydrogen-bond acceptors (Lipinski definition) is 4. The average Bonchev–Trinajstić information content (AvgIpc) is 3.23. The van der Waals surface area contributed by atoms with Crippen molar-refractivity contribution in [1.29, 1.82) is 0 Å². The van der Waals surface area contributed by atoms with E-state index in [2.05, 4.69) is 77.5 Å². The van der Waals surface area contributed by atoms with Crippen LogP contribution in [0.15, 0.2) is 83.9 Å². The topological polar surface area (TPSA) is 28.5 Å². The molecule has 0 N–H and O–H groups in total. The number of hydrogen-bond donors (Lipinski definition) is 0. The Morgan fingerprint density at radius 2 is 1.56 bits per heavy atom. The lowest BCUT2D eigenvalue weighted by Crippen LogP contribution is -2.27. The Kier molecular flexibility index (Phi) is 8.75. The molecule has 1 aromatic heterocycles. The minimum atomic E-state index is 0.574. The minimum absolute atomic E-state index is 0.574. The number of nitrogens with zero attached hydrogens (tertiary/aromatic N) is 3. The van der Waals surface area contributed by atoms with Crippen molar-refractivity contribution in [3.8, 4) is 11.3 Å². The van der Waals surface area contributed by atoms with Gasteiger partial charge in [0, 0.05) is 53.6 Å². The van der Waals surface area contributed by atoms with Crippen LogP contribution < -0.4 is 4.90 Å². The van der Waals surface area contributed by atoms with Crippen LogP contribution in [0.3, 0.4) is 0 Å². The van der Waals surface area contributed by atoms with Crippen LogP contribution in [0.4, 0.5) is 11.4 Å². The van der Waals surface area contributed by atoms with E-state index in [1.807, 2.05) is 24.4 Å². The largest absolute Gasteiger partial charge is 0.369 e. The first-order valence-corrected chi connectivity index (χ1v) is 13.2. The summed E-state index contributed by atoms with van der Waals surface area (Å²) in [5.41, 5.74) is 6.54. The Labute approximate surface area is 215 Å². The summed E-state index contributed by atoms with van der Waals surface area (Å²) in [5, 5.41) is 1.14. The van der Waals surface area contributed by atoms with Crippen LogP contribution in [0.25, 0.3) is 11.3 Å². The fraction of sp³-hybridized carbons (Fsp3) is 0.214. The molecule has 3 nitrogen and oxygen atoms in total. The molecule has 1 heterocycles. The molecule has 0 spiro atoms. The molecule has 3 aromatic carbocycles. The third kappa shape index (κ3) is 6.47. The van der Waals surface area contributed by atoms with Crippen LogP contribution >= 0.6 is 34.5 Å². The molecule has 4 aromatic rings. The van der Waals surface area contributed by atoms with Crippen LogP contribution in [0.1, 0.15) is 21.0 Å². The summed E-state index contributed by atoms with van der Waals surface area (Å²) in [7, 11) is 0. The summed E-state index contributed by atoms with van der Waals surface area (Å²) >= 11 is 13.6. The van der Waals surface area contributed by atoms with Crippen molar-refractivity contribution in [2.75, 3.05) is 29.7 Å². The molecule has 0 radical (unpaired) electrons. The molecule has 0 aliphatic heterocycles. The second-order valence-corrected chi connectivity index (χ2v) is 9.98. The molecule has 0 fully saturated rings. The number of halogens is 2. The molecule has 0 saturated carbocycles. The molecule has 6 heteroatoms. The summed E-state index contributed by atoms with van der Waals surface area (Å²) in [6, 6.07) is 27.1. The van der Waals surface area contributed by atoms with E-state index in [1.54, 1.807) is 11.3 Å². The number of anilines is 1. The zero-order valence-corrected chi connectivity index (χ0v) is 21.5. The van der Waals surface area contributed by atoms with E-state index in [4.69, 9.17) is 28.2 Å². The van der Waals surface area contributed by atoms with Crippen molar-refractivity contribution in [2.45, 2.75) is 13.3 Å². The van der Waals surface area contributed by atoms with Crippen LogP contribution in [-0.2, 0) is 6.42 Å². The second kappa shape index (κ2) is 12.2. The fourth-order valence-electron chi connectivity index (χ4n) is 3.76. The van der Waals surface area contributed by atoms with E-state index in [-0.39, 0.29) is 0 Å². The highest BCUT2D eigenvalue weighted by Gasteiger charge is 2.10. The zero-order chi connectivity index (χ0) is 23.8. The molecule has 0 bridgehead atoms. The van der Waals surface area contributed by atoms with Crippen molar-refractivity contribution in [3.05, 3.63) is 99.9 Å². The van der Waals surface area contributed by atoms with Gasteiger partial charge < -0.3 is 4.90 Å². The Balaban J connectivity index is 1.42. The first kappa shape index (κ1) is 24.5. The van der Waals surface area contributed by atoms with E-state index in [0.717, 1.165) is 52.7 Å². The molecule has 4 rings (SSSR count). The average molecular weight is 509 g/mol. The van der Waals surface area contributed by atoms with Crippen molar-refractivity contribution in [2.24, 2.45) is 4.99 Å². The number of benzene rings is 3. The van der Waals surface area contributed by atoms with Gasteiger partial charge in [-0.1, -0.05) is 54.6 Å². The summed E-state index contributed by atoms with van der Waals surface area (Å²) in [6.07, 6.45) is 2.75. The molecule has 0 saturated heterocycles. The van der Waals surface area contributed by atoms with Gasteiger partial charge in [-0.3, -0.25) is 4.99 Å². The lowest BCUT2D eigenvalue weighted by atomic mass is 10.1. The SMILES string of the molecule is Cc1sc(Cc2ccccc2)nc1-c1ccc(N=Cc2ccc(N(CCCl)CCCl)cc2)cc1. The van der Waals surface area contributed by atoms with Gasteiger partial charge in [0.1, 0.15) is 0 Å². The number of alkyl halides is 2. The molecule has 0 amide bonds. The number of aliphatic imine (C=N–C) groups is 1. The van der Waals surface area contributed by atoms with Gasteiger partial charge in [-0.05, 0) is 42.3 Å². The van der Waals surface area contributed by atoms with E-state index in [1.165, 1.54) is 10.4 Å². The summed E-state index contributed by atoms with van der Waals surface area (Å²) in [6.45, 7) is 3.69. The highest BCUT2D eigenvalue weighted by molar-refractivity contribution is 7.12. The smallest absolute Gasteiger partial charge is 0.0979 e. The van der Waals surface area contributed by atoms with Crippen LogP contribution in [-0.4, -0.2) is 36.0 Å². The summed E-state index contributed by atoms with van der Waals surface area (Å²) < 4.78 is 0. The first-order valence-electron chi connectivity index (χ1n) is 11.3. The molecule has 0 atom stereocenters. The molecular formula is C28H27Cl2N3S. The highest BCUT2D eigenvalue weighted by atomic mass is 35.5. The van der Waals surface area contributed by atoms with Crippen molar-refractivity contribution in [3.63, 3.8) is 0 Å². The summed E-state index contributed by atoms with van der Waals surface area (Å²) in [5.74, 6) is 1.15. The maximum absolute atomic E-state index is 5.91. The lowest BCUT2D eigenvalue weighted by molar-refractivity contribution is 0.874. The number of thiazole rings is 1. The predicted molar refractivity (Wildman–Crippen MR) is 149 cm³/mol. The molecular weight excluding hydrogens is 481 g/mol. The van der Waals surface area contributed by atoms with Crippen LogP contribution in [0.5, 0.6) is 0 Å². The van der Waals surface area contributed by atoms with Gasteiger partial charge in [-0.25, -0.2) is 4.98 Å². The van der Waals surface area contributed by atoms with Gasteiger partial charge in [0.2, 0.25) is 0 Å². The Bertz CT molecular complexity index is 1200. The number of rotatable bonds is 10. The van der Waals surface area contributed by atoms with E-state index >= 15 is 0 Å². The third-order valence-electron chi connectivity index (χ3n) is 5.51. The number of aryl methyl sites for hydroxylation is 1. The standard InChI is InChI=1S/C28H27Cl2N3S/c1-21-28(32-27(34-21)19-22-5-3-2-4-6-22)24-9-11-25(12-10-24)31-20-23-7-13-26(14-8-23)33(17-15-29)18-16-30/h2-14,20H,15-19H2,1H3. The van der Waals surface area contributed by atoms with E-state index in [9.17, 15) is 0 Å². The van der Waals surface area contributed by atoms with Gasteiger partial charge in [-0.15, -0.1) is 34.5 Å². The molecule has 34 heavy (non-hydrogen) atoms. The zero-order valence-electron chi connectivity index (χ0n) is 19.1. The maximum atomic E-state index is 5.91. The number of aromatic nitrogens is 1. The van der Waals surface area contributed by atoms with Crippen LogP contribution in [0, 0.1) is 6.92 Å². The van der Waals surface area contributed by atoms with Gasteiger partial charge in [0.25, 0.3) is 0 Å². The molecule has 174 valence electrons. The highest BCUT2D eigenvalue weighted by Crippen LogP contribution is 2.30. The van der Waals surface area contributed by atoms with Crippen molar-refractivity contribution < 1.29 is 0 Å². The quantitative estimate of drug-likeness (QED) is 0.162. The minimum Gasteiger partial charge on any atom is -0.369 e. The Morgan fingerprint density at radius 3 is 2.21 bits per heavy atom. The van der Waals surface area contributed by atoms with Crippen molar-refractivity contribution in [1.82, 2.24) is 4.98 Å². The third-order valence-corrected chi connectivity index (χ3v) is 6.82. The van der Waals surface area contributed by atoms with Gasteiger partial charge in [-0.2, -0.15) is 0 Å². The molecule has 0 unspecified atom stereocenters. The first-order chi connectivity index (χ1) is 16.7. The Hall–Kier alpha value is -2.66. The fourth-order valence-corrected chi connectivity index (χ4v) is 5.16.